The number of aryl methyl sites for hydroxylation is 1. The first kappa shape index (κ1) is 18.0. The van der Waals surface area contributed by atoms with E-state index in [1.54, 1.807) is 17.3 Å². The van der Waals surface area contributed by atoms with Crippen LogP contribution in [0.5, 0.6) is 0 Å². The van der Waals surface area contributed by atoms with E-state index in [9.17, 15) is 4.79 Å². The van der Waals surface area contributed by atoms with Crippen molar-refractivity contribution in [1.82, 2.24) is 9.88 Å². The fraction of sp³-hybridized carbons (Fsp3) is 0.294. The first-order valence-electron chi connectivity index (χ1n) is 7.22. The molecule has 0 atom stereocenters. The zero-order valence-corrected chi connectivity index (χ0v) is 14.0. The number of pyridine rings is 1. The largest absolute Gasteiger partial charge is 0.355 e. The Morgan fingerprint density at radius 2 is 1.77 bits per heavy atom. The summed E-state index contributed by atoms with van der Waals surface area (Å²) in [5.41, 5.74) is 3.54. The summed E-state index contributed by atoms with van der Waals surface area (Å²) in [5.74, 6) is 0.00251. The van der Waals surface area contributed by atoms with Crippen LogP contribution in [0.1, 0.15) is 29.8 Å². The molecule has 22 heavy (non-hydrogen) atoms. The van der Waals surface area contributed by atoms with Crippen molar-refractivity contribution in [3.8, 4) is 0 Å². The predicted molar refractivity (Wildman–Crippen MR) is 93.2 cm³/mol. The molecule has 4 nitrogen and oxygen atoms in total. The summed E-state index contributed by atoms with van der Waals surface area (Å²) in [6, 6.07) is 9.91. The second-order valence-electron chi connectivity index (χ2n) is 4.89. The highest BCUT2D eigenvalue weighted by atomic mass is 35.5. The van der Waals surface area contributed by atoms with Crippen molar-refractivity contribution >= 4 is 29.7 Å². The number of nitrogens with zero attached hydrogens (tertiary/aromatic N) is 2. The summed E-state index contributed by atoms with van der Waals surface area (Å²) < 4.78 is 0. The first-order valence-corrected chi connectivity index (χ1v) is 7.22. The van der Waals surface area contributed by atoms with Gasteiger partial charge in [0, 0.05) is 31.2 Å². The fourth-order valence-electron chi connectivity index (χ4n) is 2.15. The summed E-state index contributed by atoms with van der Waals surface area (Å²) in [6.07, 6.45) is 3.31. The molecule has 1 heterocycles. The summed E-state index contributed by atoms with van der Waals surface area (Å²) in [7, 11) is 0. The van der Waals surface area contributed by atoms with Crippen LogP contribution in [0, 0.1) is 6.92 Å². The van der Waals surface area contributed by atoms with Gasteiger partial charge in [0.1, 0.15) is 0 Å². The molecule has 0 saturated carbocycles. The molecule has 118 valence electrons. The first-order chi connectivity index (χ1) is 10.2. The number of anilines is 2. The maximum atomic E-state index is 12.5. The molecule has 1 aromatic carbocycles. The van der Waals surface area contributed by atoms with Crippen molar-refractivity contribution in [2.75, 3.05) is 18.4 Å². The number of benzene rings is 1. The number of hydrogen-bond acceptors (Lipinski definition) is 3. The Morgan fingerprint density at radius 1 is 1.14 bits per heavy atom. The van der Waals surface area contributed by atoms with Crippen LogP contribution < -0.4 is 5.32 Å². The molecule has 0 radical (unpaired) electrons. The van der Waals surface area contributed by atoms with Gasteiger partial charge >= 0.3 is 0 Å². The van der Waals surface area contributed by atoms with Crippen LogP contribution in [0.25, 0.3) is 0 Å². The summed E-state index contributed by atoms with van der Waals surface area (Å²) in [4.78, 5) is 18.4. The zero-order chi connectivity index (χ0) is 15.2. The SMILES string of the molecule is CCN(CC)C(=O)c1cnccc1Nc1ccc(C)cc1.Cl. The highest BCUT2D eigenvalue weighted by Crippen LogP contribution is 2.21. The topological polar surface area (TPSA) is 45.2 Å². The van der Waals surface area contributed by atoms with E-state index in [0.717, 1.165) is 11.4 Å². The third-order valence-corrected chi connectivity index (χ3v) is 3.43. The van der Waals surface area contributed by atoms with Crippen LogP contribution in [-0.4, -0.2) is 28.9 Å². The van der Waals surface area contributed by atoms with Gasteiger partial charge in [-0.3, -0.25) is 9.78 Å². The smallest absolute Gasteiger partial charge is 0.257 e. The molecule has 0 unspecified atom stereocenters. The van der Waals surface area contributed by atoms with Crippen LogP contribution in [0.2, 0.25) is 0 Å². The number of amides is 1. The molecule has 0 aliphatic heterocycles. The molecule has 0 bridgehead atoms. The number of carbonyl (C=O) groups is 1. The average molecular weight is 320 g/mol. The van der Waals surface area contributed by atoms with Crippen molar-refractivity contribution in [2.24, 2.45) is 0 Å². The molecule has 0 spiro atoms. The van der Waals surface area contributed by atoms with Gasteiger partial charge in [-0.1, -0.05) is 17.7 Å². The molecule has 0 aliphatic rings. The number of carbonyl (C=O) groups excluding carboxylic acids is 1. The number of aromatic nitrogens is 1. The second kappa shape index (κ2) is 8.39. The molecule has 5 heteroatoms. The molecule has 2 aromatic rings. The van der Waals surface area contributed by atoms with Gasteiger partial charge in [0.15, 0.2) is 0 Å². The van der Waals surface area contributed by atoms with E-state index < -0.39 is 0 Å². The van der Waals surface area contributed by atoms with E-state index in [0.29, 0.717) is 18.7 Å². The Morgan fingerprint density at radius 3 is 2.36 bits per heavy atom. The van der Waals surface area contributed by atoms with Gasteiger partial charge in [-0.15, -0.1) is 12.4 Å². The lowest BCUT2D eigenvalue weighted by molar-refractivity contribution is 0.0773. The van der Waals surface area contributed by atoms with Gasteiger partial charge in [-0.25, -0.2) is 0 Å². The molecular weight excluding hydrogens is 298 g/mol. The minimum Gasteiger partial charge on any atom is -0.355 e. The van der Waals surface area contributed by atoms with Crippen molar-refractivity contribution in [1.29, 1.82) is 0 Å². The molecule has 0 aliphatic carbocycles. The van der Waals surface area contributed by atoms with Crippen LogP contribution in [0.4, 0.5) is 11.4 Å². The van der Waals surface area contributed by atoms with E-state index in [4.69, 9.17) is 0 Å². The van der Waals surface area contributed by atoms with Gasteiger partial charge in [-0.2, -0.15) is 0 Å². The number of nitrogens with one attached hydrogen (secondary N) is 1. The third-order valence-electron chi connectivity index (χ3n) is 3.43. The summed E-state index contributed by atoms with van der Waals surface area (Å²) >= 11 is 0. The fourth-order valence-corrected chi connectivity index (χ4v) is 2.15. The molecule has 0 fully saturated rings. The van der Waals surface area contributed by atoms with E-state index in [1.165, 1.54) is 5.56 Å². The Bertz CT molecular complexity index is 610. The van der Waals surface area contributed by atoms with E-state index in [-0.39, 0.29) is 18.3 Å². The van der Waals surface area contributed by atoms with E-state index in [2.05, 4.69) is 10.3 Å². The highest BCUT2D eigenvalue weighted by molar-refractivity contribution is 5.99. The summed E-state index contributed by atoms with van der Waals surface area (Å²) in [5, 5.41) is 3.30. The van der Waals surface area contributed by atoms with Gasteiger partial charge in [0.05, 0.1) is 11.3 Å². The van der Waals surface area contributed by atoms with Gasteiger partial charge in [0.2, 0.25) is 0 Å². The molecule has 1 aromatic heterocycles. The van der Waals surface area contributed by atoms with Crippen molar-refractivity contribution in [2.45, 2.75) is 20.8 Å². The molecule has 1 amide bonds. The normalized spacial score (nSPS) is 9.77. The minimum atomic E-state index is 0. The van der Waals surface area contributed by atoms with Crippen molar-refractivity contribution in [3.05, 3.63) is 53.9 Å². The Kier molecular flexibility index (Phi) is 6.86. The second-order valence-corrected chi connectivity index (χ2v) is 4.89. The minimum absolute atomic E-state index is 0. The number of rotatable bonds is 5. The number of hydrogen-bond donors (Lipinski definition) is 1. The standard InChI is InChI=1S/C17H21N3O.ClH/c1-4-20(5-2)17(21)15-12-18-11-10-16(15)19-14-8-6-13(3)7-9-14;/h6-12H,4-5H2,1-3H3,(H,18,19);1H. The molecular formula is C17H22ClN3O. The molecule has 2 rings (SSSR count). The van der Waals surface area contributed by atoms with Gasteiger partial charge in [0.25, 0.3) is 5.91 Å². The van der Waals surface area contributed by atoms with Crippen LogP contribution >= 0.6 is 12.4 Å². The average Bonchev–Trinajstić information content (AvgIpc) is 2.51. The summed E-state index contributed by atoms with van der Waals surface area (Å²) in [6.45, 7) is 7.38. The van der Waals surface area contributed by atoms with Crippen LogP contribution in [-0.2, 0) is 0 Å². The van der Waals surface area contributed by atoms with Crippen LogP contribution in [0.15, 0.2) is 42.7 Å². The Labute approximate surface area is 138 Å². The monoisotopic (exact) mass is 319 g/mol. The maximum absolute atomic E-state index is 12.5. The highest BCUT2D eigenvalue weighted by Gasteiger charge is 2.16. The van der Waals surface area contributed by atoms with Crippen molar-refractivity contribution in [3.63, 3.8) is 0 Å². The lowest BCUT2D eigenvalue weighted by Gasteiger charge is -2.20. The Balaban J connectivity index is 0.00000242. The lowest BCUT2D eigenvalue weighted by atomic mass is 10.1. The predicted octanol–water partition coefficient (Wildman–Crippen LogP) is 4.04. The van der Waals surface area contributed by atoms with E-state index >= 15 is 0 Å². The van der Waals surface area contributed by atoms with Crippen molar-refractivity contribution < 1.29 is 4.79 Å². The molecule has 1 N–H and O–H groups in total. The van der Waals surface area contributed by atoms with E-state index in [1.807, 2.05) is 51.1 Å². The lowest BCUT2D eigenvalue weighted by Crippen LogP contribution is -2.31. The van der Waals surface area contributed by atoms with Crippen LogP contribution in [0.3, 0.4) is 0 Å². The van der Waals surface area contributed by atoms with Gasteiger partial charge < -0.3 is 10.2 Å². The third kappa shape index (κ3) is 4.21. The van der Waals surface area contributed by atoms with Gasteiger partial charge in [-0.05, 0) is 39.0 Å². The number of halogens is 1. The quantitative estimate of drug-likeness (QED) is 0.904. The maximum Gasteiger partial charge on any atom is 0.257 e. The molecule has 0 saturated heterocycles. The zero-order valence-electron chi connectivity index (χ0n) is 13.2. The Hall–Kier alpha value is -2.07.